The van der Waals surface area contributed by atoms with Crippen molar-refractivity contribution in [2.24, 2.45) is 5.73 Å². The van der Waals surface area contributed by atoms with Crippen LogP contribution in [0.5, 0.6) is 5.75 Å². The van der Waals surface area contributed by atoms with E-state index >= 15 is 0 Å². The van der Waals surface area contributed by atoms with E-state index in [4.69, 9.17) is 34.3 Å². The minimum absolute atomic E-state index is 0.185. The van der Waals surface area contributed by atoms with Crippen molar-refractivity contribution in [1.82, 2.24) is 5.32 Å². The van der Waals surface area contributed by atoms with E-state index in [1.165, 1.54) is 0 Å². The Kier molecular flexibility index (Phi) is 6.05. The van der Waals surface area contributed by atoms with Gasteiger partial charge in [0.2, 0.25) is 0 Å². The van der Waals surface area contributed by atoms with Crippen LogP contribution < -0.4 is 15.8 Å². The maximum Gasteiger partial charge on any atom is 0.260 e. The topological polar surface area (TPSA) is 64.3 Å². The van der Waals surface area contributed by atoms with Gasteiger partial charge in [0.05, 0.1) is 5.56 Å². The molecule has 1 atom stereocenters. The summed E-state index contributed by atoms with van der Waals surface area (Å²) in [5.74, 6) is 0.231. The summed E-state index contributed by atoms with van der Waals surface area (Å²) >= 11 is 10.8. The van der Waals surface area contributed by atoms with E-state index in [1.54, 1.807) is 25.1 Å². The lowest BCUT2D eigenvalue weighted by molar-refractivity contribution is -0.127. The molecule has 104 valence electrons. The fraction of sp³-hybridized carbons (Fsp3) is 0.385. The molecule has 6 heteroatoms. The van der Waals surface area contributed by atoms with Crippen LogP contribution in [0, 0.1) is 0 Å². The maximum absolute atomic E-state index is 11.7. The summed E-state index contributed by atoms with van der Waals surface area (Å²) in [7, 11) is 0. The Hall–Kier alpha value is -1.33. The summed E-state index contributed by atoms with van der Waals surface area (Å²) in [6.07, 6.45) is 0.228. The highest BCUT2D eigenvalue weighted by atomic mass is 35.5. The SMILES string of the molecule is CCCNC(=O)C(C)Oc1cc(Cl)ccc1C(N)=S. The van der Waals surface area contributed by atoms with Gasteiger partial charge in [0.25, 0.3) is 5.91 Å². The van der Waals surface area contributed by atoms with Crippen LogP contribution in [-0.2, 0) is 4.79 Å². The summed E-state index contributed by atoms with van der Waals surface area (Å²) in [6, 6.07) is 4.95. The molecule has 1 amide bonds. The zero-order valence-corrected chi connectivity index (χ0v) is 12.5. The van der Waals surface area contributed by atoms with Crippen LogP contribution in [0.25, 0.3) is 0 Å². The summed E-state index contributed by atoms with van der Waals surface area (Å²) in [5, 5.41) is 3.25. The largest absolute Gasteiger partial charge is 0.480 e. The molecule has 0 bridgehead atoms. The molecule has 3 N–H and O–H groups in total. The Bertz CT molecular complexity index is 480. The Morgan fingerprint density at radius 1 is 1.58 bits per heavy atom. The van der Waals surface area contributed by atoms with Gasteiger partial charge in [-0.25, -0.2) is 0 Å². The molecule has 0 aliphatic heterocycles. The Balaban J connectivity index is 2.83. The van der Waals surface area contributed by atoms with Crippen LogP contribution in [0.4, 0.5) is 0 Å². The number of nitrogens with one attached hydrogen (secondary N) is 1. The molecule has 4 nitrogen and oxygen atoms in total. The van der Waals surface area contributed by atoms with Gasteiger partial charge in [-0.05, 0) is 31.5 Å². The fourth-order valence-electron chi connectivity index (χ4n) is 1.43. The molecule has 1 rings (SSSR count). The number of hydrogen-bond acceptors (Lipinski definition) is 3. The van der Waals surface area contributed by atoms with Crippen molar-refractivity contribution in [2.75, 3.05) is 6.54 Å². The Labute approximate surface area is 123 Å². The molecule has 0 heterocycles. The number of carbonyl (C=O) groups is 1. The molecule has 0 aliphatic carbocycles. The molecule has 0 fully saturated rings. The lowest BCUT2D eigenvalue weighted by Gasteiger charge is -2.17. The van der Waals surface area contributed by atoms with Crippen molar-refractivity contribution in [3.63, 3.8) is 0 Å². The van der Waals surface area contributed by atoms with Crippen molar-refractivity contribution in [3.8, 4) is 5.75 Å². The van der Waals surface area contributed by atoms with Crippen LogP contribution in [0.1, 0.15) is 25.8 Å². The van der Waals surface area contributed by atoms with E-state index in [-0.39, 0.29) is 10.9 Å². The highest BCUT2D eigenvalue weighted by Crippen LogP contribution is 2.24. The first-order valence-corrected chi connectivity index (χ1v) is 6.78. The second-order valence-electron chi connectivity index (χ2n) is 4.06. The predicted octanol–water partition coefficient (Wildman–Crippen LogP) is 2.27. The van der Waals surface area contributed by atoms with Gasteiger partial charge in [-0.3, -0.25) is 4.79 Å². The first kappa shape index (κ1) is 15.7. The molecule has 1 aromatic carbocycles. The van der Waals surface area contributed by atoms with Crippen LogP contribution in [0.15, 0.2) is 18.2 Å². The summed E-state index contributed by atoms with van der Waals surface area (Å²) in [5.41, 5.74) is 6.17. The number of benzene rings is 1. The van der Waals surface area contributed by atoms with Crippen LogP contribution >= 0.6 is 23.8 Å². The first-order valence-electron chi connectivity index (χ1n) is 5.99. The molecule has 19 heavy (non-hydrogen) atoms. The third-order valence-electron chi connectivity index (χ3n) is 2.43. The maximum atomic E-state index is 11.7. The highest BCUT2D eigenvalue weighted by Gasteiger charge is 2.16. The summed E-state index contributed by atoms with van der Waals surface area (Å²) in [6.45, 7) is 4.26. The fourth-order valence-corrected chi connectivity index (χ4v) is 1.76. The number of ether oxygens (including phenoxy) is 1. The number of hydrogen-bond donors (Lipinski definition) is 2. The third-order valence-corrected chi connectivity index (χ3v) is 2.89. The molecule has 1 unspecified atom stereocenters. The second kappa shape index (κ2) is 7.31. The minimum atomic E-state index is -0.641. The molecule has 0 saturated heterocycles. The minimum Gasteiger partial charge on any atom is -0.480 e. The molecular weight excluding hydrogens is 284 g/mol. The Morgan fingerprint density at radius 2 is 2.26 bits per heavy atom. The number of halogens is 1. The monoisotopic (exact) mass is 300 g/mol. The van der Waals surface area contributed by atoms with E-state index in [9.17, 15) is 4.79 Å². The number of rotatable bonds is 6. The first-order chi connectivity index (χ1) is 8.95. The van der Waals surface area contributed by atoms with Crippen molar-refractivity contribution >= 4 is 34.7 Å². The van der Waals surface area contributed by atoms with Crippen LogP contribution in [0.3, 0.4) is 0 Å². The van der Waals surface area contributed by atoms with Gasteiger partial charge in [-0.15, -0.1) is 0 Å². The van der Waals surface area contributed by atoms with Gasteiger partial charge in [0, 0.05) is 11.6 Å². The third kappa shape index (κ3) is 4.69. The lowest BCUT2D eigenvalue weighted by Crippen LogP contribution is -2.37. The summed E-state index contributed by atoms with van der Waals surface area (Å²) < 4.78 is 5.58. The van der Waals surface area contributed by atoms with Crippen LogP contribution in [-0.4, -0.2) is 23.5 Å². The van der Waals surface area contributed by atoms with E-state index < -0.39 is 6.10 Å². The zero-order valence-electron chi connectivity index (χ0n) is 10.9. The second-order valence-corrected chi connectivity index (χ2v) is 4.93. The number of amides is 1. The van der Waals surface area contributed by atoms with Gasteiger partial charge in [-0.2, -0.15) is 0 Å². The average molecular weight is 301 g/mol. The average Bonchev–Trinajstić information content (AvgIpc) is 2.35. The highest BCUT2D eigenvalue weighted by molar-refractivity contribution is 7.80. The van der Waals surface area contributed by atoms with Crippen molar-refractivity contribution < 1.29 is 9.53 Å². The van der Waals surface area contributed by atoms with Crippen molar-refractivity contribution in [3.05, 3.63) is 28.8 Å². The van der Waals surface area contributed by atoms with Gasteiger partial charge < -0.3 is 15.8 Å². The van der Waals surface area contributed by atoms with Gasteiger partial charge >= 0.3 is 0 Å². The molecule has 0 aromatic heterocycles. The van der Waals surface area contributed by atoms with E-state index in [2.05, 4.69) is 5.32 Å². The molecular formula is C13H17ClN2O2S. The smallest absolute Gasteiger partial charge is 0.260 e. The Morgan fingerprint density at radius 3 is 2.84 bits per heavy atom. The molecule has 1 aromatic rings. The van der Waals surface area contributed by atoms with Crippen molar-refractivity contribution in [2.45, 2.75) is 26.4 Å². The molecule has 0 radical (unpaired) electrons. The van der Waals surface area contributed by atoms with Crippen LogP contribution in [0.2, 0.25) is 5.02 Å². The number of thiocarbonyl (C=S) groups is 1. The number of carbonyl (C=O) groups excluding carboxylic acids is 1. The van der Waals surface area contributed by atoms with E-state index in [0.717, 1.165) is 6.42 Å². The molecule has 0 saturated carbocycles. The van der Waals surface area contributed by atoms with E-state index in [1.807, 2.05) is 6.92 Å². The zero-order chi connectivity index (χ0) is 14.4. The molecule has 0 aliphatic rings. The van der Waals surface area contributed by atoms with Gasteiger partial charge in [0.15, 0.2) is 6.10 Å². The molecule has 0 spiro atoms. The number of nitrogens with two attached hydrogens (primary N) is 1. The summed E-state index contributed by atoms with van der Waals surface area (Å²) in [4.78, 5) is 11.9. The predicted molar refractivity (Wildman–Crippen MR) is 80.7 cm³/mol. The standard InChI is InChI=1S/C13H17ClN2O2S/c1-3-6-16-13(17)8(2)18-11-7-9(14)4-5-10(11)12(15)19/h4-5,7-8H,3,6H2,1-2H3,(H2,15,19)(H,16,17). The quantitative estimate of drug-likeness (QED) is 0.791. The van der Waals surface area contributed by atoms with E-state index in [0.29, 0.717) is 22.9 Å². The normalized spacial score (nSPS) is 11.7. The lowest BCUT2D eigenvalue weighted by atomic mass is 10.2. The van der Waals surface area contributed by atoms with Gasteiger partial charge in [0.1, 0.15) is 10.7 Å². The van der Waals surface area contributed by atoms with Crippen molar-refractivity contribution in [1.29, 1.82) is 0 Å². The van der Waals surface area contributed by atoms with Gasteiger partial charge in [-0.1, -0.05) is 30.7 Å².